The number of ether oxygens (including phenoxy) is 1. The van der Waals surface area contributed by atoms with Gasteiger partial charge >= 0.3 is 5.97 Å². The summed E-state index contributed by atoms with van der Waals surface area (Å²) in [6, 6.07) is 10.9. The molecule has 5 nitrogen and oxygen atoms in total. The van der Waals surface area contributed by atoms with Crippen molar-refractivity contribution in [1.82, 2.24) is 9.78 Å². The quantitative estimate of drug-likeness (QED) is 0.631. The molecule has 20 heavy (non-hydrogen) atoms. The minimum Gasteiger partial charge on any atom is -0.464 e. The molecule has 1 aromatic carbocycles. The highest BCUT2D eigenvalue weighted by atomic mass is 16.5. The molecule has 0 saturated heterocycles. The number of hydrogen-bond donors (Lipinski definition) is 0. The van der Waals surface area contributed by atoms with Gasteiger partial charge in [-0.15, -0.1) is 0 Å². The van der Waals surface area contributed by atoms with E-state index in [4.69, 9.17) is 0 Å². The van der Waals surface area contributed by atoms with E-state index >= 15 is 0 Å². The van der Waals surface area contributed by atoms with Crippen molar-refractivity contribution in [3.63, 3.8) is 0 Å². The number of benzene rings is 1. The molecule has 0 saturated carbocycles. The number of carbonyl (C=O) groups is 2. The predicted octanol–water partition coefficient (Wildman–Crippen LogP) is 2.26. The summed E-state index contributed by atoms with van der Waals surface area (Å²) in [6.07, 6.45) is 3.28. The summed E-state index contributed by atoms with van der Waals surface area (Å²) >= 11 is 0. The number of esters is 1. The number of nitrogens with zero attached hydrogens (tertiary/aromatic N) is 2. The standard InChI is InChI=1S/C15H14N2O3/c1-11(18)14(10-12-6-4-3-5-7-12)17-9-8-13(16-17)15(19)20-2/h3-10H,1-2H3/b14-10-. The third kappa shape index (κ3) is 3.00. The maximum absolute atomic E-state index is 11.8. The van der Waals surface area contributed by atoms with Crippen molar-refractivity contribution in [3.8, 4) is 0 Å². The summed E-state index contributed by atoms with van der Waals surface area (Å²) in [6.45, 7) is 1.45. The highest BCUT2D eigenvalue weighted by Crippen LogP contribution is 2.13. The molecule has 2 rings (SSSR count). The third-order valence-electron chi connectivity index (χ3n) is 2.69. The second kappa shape index (κ2) is 5.97. The van der Waals surface area contributed by atoms with Crippen LogP contribution in [0.4, 0.5) is 0 Å². The maximum atomic E-state index is 11.8. The van der Waals surface area contributed by atoms with Crippen LogP contribution in [0.1, 0.15) is 23.0 Å². The summed E-state index contributed by atoms with van der Waals surface area (Å²) in [5.41, 5.74) is 1.42. The van der Waals surface area contributed by atoms with Crippen molar-refractivity contribution in [2.24, 2.45) is 0 Å². The molecule has 0 atom stereocenters. The number of methoxy groups -OCH3 is 1. The zero-order valence-corrected chi connectivity index (χ0v) is 11.2. The van der Waals surface area contributed by atoms with E-state index in [0.29, 0.717) is 5.70 Å². The lowest BCUT2D eigenvalue weighted by Crippen LogP contribution is -2.08. The highest BCUT2D eigenvalue weighted by Gasteiger charge is 2.13. The number of carbonyl (C=O) groups excluding carboxylic acids is 2. The van der Waals surface area contributed by atoms with Crippen LogP contribution in [-0.2, 0) is 9.53 Å². The lowest BCUT2D eigenvalue weighted by molar-refractivity contribution is -0.112. The number of allylic oxidation sites excluding steroid dienone is 1. The minimum absolute atomic E-state index is 0.145. The fourth-order valence-electron chi connectivity index (χ4n) is 1.71. The molecular formula is C15H14N2O3. The van der Waals surface area contributed by atoms with Crippen LogP contribution in [0.5, 0.6) is 0 Å². The van der Waals surface area contributed by atoms with Crippen LogP contribution in [0.2, 0.25) is 0 Å². The van der Waals surface area contributed by atoms with Crippen LogP contribution in [0.15, 0.2) is 42.6 Å². The molecule has 0 aliphatic rings. The first-order valence-electron chi connectivity index (χ1n) is 6.04. The second-order valence-electron chi connectivity index (χ2n) is 4.13. The molecule has 0 bridgehead atoms. The van der Waals surface area contributed by atoms with Crippen LogP contribution >= 0.6 is 0 Å². The molecule has 0 fully saturated rings. The van der Waals surface area contributed by atoms with Crippen LogP contribution in [0, 0.1) is 0 Å². The molecule has 0 N–H and O–H groups in total. The second-order valence-corrected chi connectivity index (χ2v) is 4.13. The molecule has 2 aromatic rings. The highest BCUT2D eigenvalue weighted by molar-refractivity contribution is 6.18. The van der Waals surface area contributed by atoms with E-state index in [0.717, 1.165) is 5.56 Å². The number of rotatable bonds is 4. The van der Waals surface area contributed by atoms with Crippen molar-refractivity contribution >= 4 is 23.5 Å². The summed E-state index contributed by atoms with van der Waals surface area (Å²) in [7, 11) is 1.28. The average Bonchev–Trinajstić information content (AvgIpc) is 2.94. The number of aromatic nitrogens is 2. The van der Waals surface area contributed by atoms with E-state index in [1.54, 1.807) is 12.3 Å². The van der Waals surface area contributed by atoms with Crippen molar-refractivity contribution in [3.05, 3.63) is 53.9 Å². The van der Waals surface area contributed by atoms with Gasteiger partial charge in [0.05, 0.1) is 7.11 Å². The summed E-state index contributed by atoms with van der Waals surface area (Å²) in [4.78, 5) is 23.1. The molecule has 0 spiro atoms. The summed E-state index contributed by atoms with van der Waals surface area (Å²) in [5, 5.41) is 4.05. The molecule has 0 amide bonds. The first-order valence-corrected chi connectivity index (χ1v) is 6.04. The van der Waals surface area contributed by atoms with Crippen molar-refractivity contribution in [2.45, 2.75) is 6.92 Å². The molecular weight excluding hydrogens is 256 g/mol. The predicted molar refractivity (Wildman–Crippen MR) is 74.9 cm³/mol. The van der Waals surface area contributed by atoms with Gasteiger partial charge in [0.1, 0.15) is 5.70 Å². The zero-order chi connectivity index (χ0) is 14.5. The Bertz CT molecular complexity index is 657. The van der Waals surface area contributed by atoms with E-state index in [2.05, 4.69) is 9.84 Å². The molecule has 0 radical (unpaired) electrons. The monoisotopic (exact) mass is 270 g/mol. The minimum atomic E-state index is -0.536. The Morgan fingerprint density at radius 1 is 1.20 bits per heavy atom. The Morgan fingerprint density at radius 2 is 1.90 bits per heavy atom. The van der Waals surface area contributed by atoms with E-state index in [1.807, 2.05) is 30.3 Å². The van der Waals surface area contributed by atoms with Gasteiger partial charge in [-0.1, -0.05) is 30.3 Å². The van der Waals surface area contributed by atoms with Crippen LogP contribution in [0.3, 0.4) is 0 Å². The van der Waals surface area contributed by atoms with Gasteiger partial charge in [-0.3, -0.25) is 4.79 Å². The van der Waals surface area contributed by atoms with Crippen LogP contribution in [-0.4, -0.2) is 28.6 Å². The number of ketones is 1. The lowest BCUT2D eigenvalue weighted by atomic mass is 10.1. The molecule has 5 heteroatoms. The van der Waals surface area contributed by atoms with Gasteiger partial charge in [0.2, 0.25) is 0 Å². The van der Waals surface area contributed by atoms with Crippen LogP contribution < -0.4 is 0 Å². The van der Waals surface area contributed by atoms with E-state index < -0.39 is 5.97 Å². The third-order valence-corrected chi connectivity index (χ3v) is 2.69. The lowest BCUT2D eigenvalue weighted by Gasteiger charge is -2.04. The maximum Gasteiger partial charge on any atom is 0.358 e. The molecule has 1 heterocycles. The van der Waals surface area contributed by atoms with Crippen LogP contribution in [0.25, 0.3) is 11.8 Å². The van der Waals surface area contributed by atoms with E-state index in [1.165, 1.54) is 24.8 Å². The molecule has 0 aliphatic heterocycles. The smallest absolute Gasteiger partial charge is 0.358 e. The zero-order valence-electron chi connectivity index (χ0n) is 11.2. The van der Waals surface area contributed by atoms with Crippen molar-refractivity contribution in [1.29, 1.82) is 0 Å². The first kappa shape index (κ1) is 13.7. The van der Waals surface area contributed by atoms with Crippen molar-refractivity contribution in [2.75, 3.05) is 7.11 Å². The van der Waals surface area contributed by atoms with Gasteiger partial charge in [-0.25, -0.2) is 9.48 Å². The SMILES string of the molecule is COC(=O)c1ccn(/C(=C\c2ccccc2)C(C)=O)n1. The Kier molecular flexibility index (Phi) is 4.10. The van der Waals surface area contributed by atoms with E-state index in [-0.39, 0.29) is 11.5 Å². The summed E-state index contributed by atoms with van der Waals surface area (Å²) in [5.74, 6) is -0.681. The fourth-order valence-corrected chi connectivity index (χ4v) is 1.71. The first-order chi connectivity index (χ1) is 9.61. The largest absolute Gasteiger partial charge is 0.464 e. The van der Waals surface area contributed by atoms with Crippen molar-refractivity contribution < 1.29 is 14.3 Å². The molecule has 102 valence electrons. The molecule has 1 aromatic heterocycles. The molecule has 0 aliphatic carbocycles. The summed E-state index contributed by atoms with van der Waals surface area (Å²) < 4.78 is 5.97. The number of Topliss-reactive ketones (excluding diaryl/α,β-unsaturated/α-hetero) is 1. The Balaban J connectivity index is 2.39. The number of hydrogen-bond acceptors (Lipinski definition) is 4. The van der Waals surface area contributed by atoms with E-state index in [9.17, 15) is 9.59 Å². The topological polar surface area (TPSA) is 61.2 Å². The molecule has 0 unspecified atom stereocenters. The fraction of sp³-hybridized carbons (Fsp3) is 0.133. The van der Waals surface area contributed by atoms with Gasteiger partial charge in [0.25, 0.3) is 0 Å². The Hall–Kier alpha value is -2.69. The van der Waals surface area contributed by atoms with Gasteiger partial charge in [0.15, 0.2) is 11.5 Å². The van der Waals surface area contributed by atoms with Gasteiger partial charge in [0, 0.05) is 13.1 Å². The Labute approximate surface area is 116 Å². The van der Waals surface area contributed by atoms with Gasteiger partial charge in [-0.2, -0.15) is 5.10 Å². The Morgan fingerprint density at radius 3 is 2.50 bits per heavy atom. The van der Waals surface area contributed by atoms with Gasteiger partial charge in [-0.05, 0) is 17.7 Å². The normalized spacial score (nSPS) is 11.2. The van der Waals surface area contributed by atoms with Gasteiger partial charge < -0.3 is 4.74 Å². The average molecular weight is 270 g/mol.